The van der Waals surface area contributed by atoms with Gasteiger partial charge in [-0.3, -0.25) is 19.7 Å². The third kappa shape index (κ3) is 2.66. The maximum Gasteiger partial charge on any atom is 0.302 e. The Morgan fingerprint density at radius 3 is 2.67 bits per heavy atom. The Labute approximate surface area is 159 Å². The van der Waals surface area contributed by atoms with Gasteiger partial charge in [-0.2, -0.15) is 0 Å². The van der Waals surface area contributed by atoms with Crippen molar-refractivity contribution in [3.05, 3.63) is 21.8 Å². The molecule has 148 valence electrons. The van der Waals surface area contributed by atoms with E-state index in [0.29, 0.717) is 31.1 Å². The van der Waals surface area contributed by atoms with Crippen molar-refractivity contribution in [3.63, 3.8) is 0 Å². The molecule has 0 aromatic carbocycles. The number of nitro groups is 1. The van der Waals surface area contributed by atoms with E-state index in [1.165, 1.54) is 12.5 Å². The number of fused-ring (bicyclic) bond motifs is 5. The summed E-state index contributed by atoms with van der Waals surface area (Å²) in [5.41, 5.74) is 0.627. The van der Waals surface area contributed by atoms with Crippen LogP contribution >= 0.6 is 0 Å². The van der Waals surface area contributed by atoms with Crippen molar-refractivity contribution in [2.24, 2.45) is 28.6 Å². The summed E-state index contributed by atoms with van der Waals surface area (Å²) in [6, 6.07) is -0.556. The molecule has 0 aromatic rings. The summed E-state index contributed by atoms with van der Waals surface area (Å²) in [6.45, 7) is 5.69. The minimum absolute atomic E-state index is 0.111. The normalized spacial score (nSPS) is 46.0. The number of ketones is 1. The third-order valence-electron chi connectivity index (χ3n) is 8.39. The third-order valence-corrected chi connectivity index (χ3v) is 8.39. The summed E-state index contributed by atoms with van der Waals surface area (Å²) in [7, 11) is 0. The van der Waals surface area contributed by atoms with E-state index < -0.39 is 11.5 Å². The Hall–Kier alpha value is -1.72. The van der Waals surface area contributed by atoms with Gasteiger partial charge in [0, 0.05) is 36.0 Å². The van der Waals surface area contributed by atoms with Crippen LogP contribution in [-0.2, 0) is 14.3 Å². The Balaban J connectivity index is 1.77. The van der Waals surface area contributed by atoms with Crippen LogP contribution in [0.5, 0.6) is 0 Å². The van der Waals surface area contributed by atoms with Crippen molar-refractivity contribution >= 4 is 11.8 Å². The van der Waals surface area contributed by atoms with Crippen molar-refractivity contribution in [1.82, 2.24) is 0 Å². The highest BCUT2D eigenvalue weighted by Crippen LogP contribution is 2.66. The minimum atomic E-state index is -0.556. The van der Waals surface area contributed by atoms with Crippen LogP contribution in [0.3, 0.4) is 0 Å². The maximum absolute atomic E-state index is 12.0. The molecule has 6 nitrogen and oxygen atoms in total. The predicted molar refractivity (Wildman–Crippen MR) is 98.4 cm³/mol. The predicted octanol–water partition coefficient (Wildman–Crippen LogP) is 3.71. The van der Waals surface area contributed by atoms with Gasteiger partial charge in [0.25, 0.3) is 0 Å². The molecular weight excluding hydrogens is 346 g/mol. The summed E-state index contributed by atoms with van der Waals surface area (Å²) in [5.74, 6) is 0.634. The van der Waals surface area contributed by atoms with Gasteiger partial charge in [-0.05, 0) is 55.4 Å². The molecule has 0 aromatic heterocycles. The molecule has 0 saturated heterocycles. The fourth-order valence-corrected chi connectivity index (χ4v) is 7.29. The van der Waals surface area contributed by atoms with Crippen molar-refractivity contribution < 1.29 is 19.2 Å². The quantitative estimate of drug-likeness (QED) is 0.417. The molecule has 0 spiro atoms. The summed E-state index contributed by atoms with van der Waals surface area (Å²) >= 11 is 0. The molecular formula is C21H29NO5. The molecule has 6 heteroatoms. The van der Waals surface area contributed by atoms with Gasteiger partial charge in [-0.1, -0.05) is 19.4 Å². The Morgan fingerprint density at radius 1 is 1.26 bits per heavy atom. The van der Waals surface area contributed by atoms with E-state index in [4.69, 9.17) is 4.74 Å². The molecule has 4 aliphatic carbocycles. The summed E-state index contributed by atoms with van der Waals surface area (Å²) < 4.78 is 5.83. The van der Waals surface area contributed by atoms with Crippen LogP contribution in [0, 0.1) is 38.7 Å². The Bertz CT molecular complexity index is 730. The molecule has 2 unspecified atom stereocenters. The number of hydrogen-bond acceptors (Lipinski definition) is 5. The van der Waals surface area contributed by atoms with Crippen LogP contribution < -0.4 is 0 Å². The lowest BCUT2D eigenvalue weighted by atomic mass is 9.46. The maximum atomic E-state index is 12.0. The van der Waals surface area contributed by atoms with Crippen molar-refractivity contribution in [1.29, 1.82) is 0 Å². The van der Waals surface area contributed by atoms with Gasteiger partial charge in [0.05, 0.1) is 0 Å². The number of hydrogen-bond donors (Lipinski definition) is 0. The largest absolute Gasteiger partial charge is 0.462 e. The van der Waals surface area contributed by atoms with E-state index in [1.807, 2.05) is 13.0 Å². The Morgan fingerprint density at radius 2 is 2.00 bits per heavy atom. The highest BCUT2D eigenvalue weighted by atomic mass is 16.6. The first-order valence-electron chi connectivity index (χ1n) is 10.2. The summed E-state index contributed by atoms with van der Waals surface area (Å²) in [5, 5.41) is 11.7. The van der Waals surface area contributed by atoms with Crippen molar-refractivity contribution in [3.8, 4) is 0 Å². The number of carbonyl (C=O) groups excluding carboxylic acids is 2. The number of nitrogens with zero attached hydrogens (tertiary/aromatic N) is 1. The van der Waals surface area contributed by atoms with Gasteiger partial charge in [0.15, 0.2) is 5.78 Å². The zero-order chi connectivity index (χ0) is 19.6. The van der Waals surface area contributed by atoms with Crippen molar-refractivity contribution in [2.75, 3.05) is 0 Å². The van der Waals surface area contributed by atoms with E-state index in [1.54, 1.807) is 0 Å². The van der Waals surface area contributed by atoms with Crippen molar-refractivity contribution in [2.45, 2.75) is 77.9 Å². The second kappa shape index (κ2) is 6.14. The van der Waals surface area contributed by atoms with E-state index in [2.05, 4.69) is 6.92 Å². The van der Waals surface area contributed by atoms with E-state index in [0.717, 1.165) is 25.7 Å². The molecule has 4 aliphatic rings. The Kier molecular flexibility index (Phi) is 4.24. The van der Waals surface area contributed by atoms with Gasteiger partial charge in [0.2, 0.25) is 6.04 Å². The van der Waals surface area contributed by atoms with E-state index in [-0.39, 0.29) is 34.1 Å². The van der Waals surface area contributed by atoms with Crippen LogP contribution in [-0.4, -0.2) is 28.8 Å². The minimum Gasteiger partial charge on any atom is -0.462 e. The first-order chi connectivity index (χ1) is 12.7. The molecule has 3 fully saturated rings. The average Bonchev–Trinajstić information content (AvgIpc) is 2.91. The fraction of sp³-hybridized carbons (Fsp3) is 0.810. The number of rotatable bonds is 2. The molecule has 0 amide bonds. The van der Waals surface area contributed by atoms with Crippen LogP contribution in [0.1, 0.15) is 65.7 Å². The second-order valence-corrected chi connectivity index (χ2v) is 9.62. The molecule has 0 aliphatic heterocycles. The molecule has 0 heterocycles. The standard InChI is InChI=1S/C21H29NO5/c1-12(23)27-17-11-21(3)16(6-7-18(21)22(25)26)15-5-4-13-10-14(24)8-9-20(13,2)19(15)17/h10,15-19H,4-9,11H2,1-3H3/t15-,16-,17?,18?,19-,20-,21-/m0/s1. The number of carbonyl (C=O) groups is 2. The summed E-state index contributed by atoms with van der Waals surface area (Å²) in [6.07, 6.45) is 6.71. The van der Waals surface area contributed by atoms with Gasteiger partial charge in [-0.15, -0.1) is 0 Å². The number of ether oxygens (including phenoxy) is 1. The highest BCUT2D eigenvalue weighted by molar-refractivity contribution is 5.91. The number of allylic oxidation sites excluding steroid dienone is 1. The lowest BCUT2D eigenvalue weighted by molar-refractivity contribution is -0.541. The smallest absolute Gasteiger partial charge is 0.302 e. The van der Waals surface area contributed by atoms with Crippen LogP contribution in [0.15, 0.2) is 11.6 Å². The van der Waals surface area contributed by atoms with Gasteiger partial charge in [0.1, 0.15) is 6.10 Å². The van der Waals surface area contributed by atoms with Gasteiger partial charge in [-0.25, -0.2) is 0 Å². The van der Waals surface area contributed by atoms with Gasteiger partial charge >= 0.3 is 5.97 Å². The lowest BCUT2D eigenvalue weighted by Crippen LogP contribution is -2.58. The molecule has 0 bridgehead atoms. The zero-order valence-electron chi connectivity index (χ0n) is 16.4. The second-order valence-electron chi connectivity index (χ2n) is 9.62. The van der Waals surface area contributed by atoms with Crippen LogP contribution in [0.25, 0.3) is 0 Å². The molecule has 7 atom stereocenters. The molecule has 4 rings (SSSR count). The monoisotopic (exact) mass is 375 g/mol. The topological polar surface area (TPSA) is 86.5 Å². The van der Waals surface area contributed by atoms with Gasteiger partial charge < -0.3 is 4.74 Å². The lowest BCUT2D eigenvalue weighted by Gasteiger charge is -2.59. The molecule has 3 saturated carbocycles. The zero-order valence-corrected chi connectivity index (χ0v) is 16.4. The molecule has 27 heavy (non-hydrogen) atoms. The fourth-order valence-electron chi connectivity index (χ4n) is 7.29. The van der Waals surface area contributed by atoms with Crippen LogP contribution in [0.2, 0.25) is 0 Å². The van der Waals surface area contributed by atoms with E-state index >= 15 is 0 Å². The first-order valence-corrected chi connectivity index (χ1v) is 10.2. The first kappa shape index (κ1) is 18.6. The summed E-state index contributed by atoms with van der Waals surface area (Å²) in [4.78, 5) is 35.5. The molecule has 0 N–H and O–H groups in total. The van der Waals surface area contributed by atoms with E-state index in [9.17, 15) is 19.7 Å². The van der Waals surface area contributed by atoms with Crippen LogP contribution in [0.4, 0.5) is 0 Å². The number of esters is 1. The highest BCUT2D eigenvalue weighted by Gasteiger charge is 2.66. The molecule has 0 radical (unpaired) electrons. The SMILES string of the molecule is CC(=O)OC1C[C@]2(C)C([N+](=O)[O-])CC[C@H]2[C@@H]2CCC3=CC(=O)CC[C@]3(C)[C@H]12. The average molecular weight is 375 g/mol.